The Balaban J connectivity index is 2.49. The molecule has 13 heavy (non-hydrogen) atoms. The number of aromatic nitrogens is 3. The predicted octanol–water partition coefficient (Wildman–Crippen LogP) is 0.993. The molecule has 0 amide bonds. The van der Waals surface area contributed by atoms with Crippen molar-refractivity contribution in [3.63, 3.8) is 0 Å². The molecule has 0 saturated heterocycles. The van der Waals surface area contributed by atoms with E-state index in [4.69, 9.17) is 5.73 Å². The highest BCUT2D eigenvalue weighted by Gasteiger charge is 2.01. The fourth-order valence-electron chi connectivity index (χ4n) is 1.18. The van der Waals surface area contributed by atoms with Crippen LogP contribution in [0.5, 0.6) is 0 Å². The van der Waals surface area contributed by atoms with Gasteiger partial charge in [0.2, 0.25) is 5.78 Å². The molecule has 5 heteroatoms. The van der Waals surface area contributed by atoms with Crippen LogP contribution in [-0.2, 0) is 6.42 Å². The Kier molecular flexibility index (Phi) is 2.28. The molecule has 0 spiro atoms. The second-order valence-electron chi connectivity index (χ2n) is 2.75. The highest BCUT2D eigenvalue weighted by atomic mass is 79.9. The average molecular weight is 241 g/mol. The average Bonchev–Trinajstić information content (AvgIpc) is 2.46. The third-order valence-corrected chi connectivity index (χ3v) is 2.14. The van der Waals surface area contributed by atoms with Crippen molar-refractivity contribution in [3.05, 3.63) is 28.8 Å². The van der Waals surface area contributed by atoms with Gasteiger partial charge in [-0.15, -0.1) is 0 Å². The van der Waals surface area contributed by atoms with Gasteiger partial charge in [0.1, 0.15) is 0 Å². The van der Waals surface area contributed by atoms with Gasteiger partial charge in [-0.2, -0.15) is 0 Å². The van der Waals surface area contributed by atoms with Crippen LogP contribution >= 0.6 is 15.9 Å². The first-order chi connectivity index (χ1) is 6.29. The van der Waals surface area contributed by atoms with Gasteiger partial charge < -0.3 is 5.73 Å². The lowest BCUT2D eigenvalue weighted by Gasteiger charge is -1.90. The quantitative estimate of drug-likeness (QED) is 0.853. The molecule has 68 valence electrons. The van der Waals surface area contributed by atoms with Crippen molar-refractivity contribution >= 4 is 21.7 Å². The molecule has 2 rings (SSSR count). The van der Waals surface area contributed by atoms with Crippen molar-refractivity contribution in [3.8, 4) is 0 Å². The van der Waals surface area contributed by atoms with Gasteiger partial charge >= 0.3 is 0 Å². The van der Waals surface area contributed by atoms with E-state index in [2.05, 4.69) is 25.9 Å². The van der Waals surface area contributed by atoms with Crippen LogP contribution in [0.4, 0.5) is 0 Å². The van der Waals surface area contributed by atoms with Gasteiger partial charge in [-0.05, 0) is 22.5 Å². The van der Waals surface area contributed by atoms with Gasteiger partial charge in [0.05, 0.1) is 10.2 Å². The fraction of sp³-hybridized carbons (Fsp3) is 0.250. The first-order valence-electron chi connectivity index (χ1n) is 3.99. The highest BCUT2D eigenvalue weighted by molar-refractivity contribution is 9.10. The van der Waals surface area contributed by atoms with Gasteiger partial charge in [0.15, 0.2) is 0 Å². The van der Waals surface area contributed by atoms with Crippen molar-refractivity contribution < 1.29 is 0 Å². The number of halogens is 1. The van der Waals surface area contributed by atoms with Crippen molar-refractivity contribution in [1.29, 1.82) is 0 Å². The van der Waals surface area contributed by atoms with E-state index in [1.165, 1.54) is 0 Å². The number of nitrogens with two attached hydrogens (primary N) is 1. The maximum Gasteiger partial charge on any atom is 0.233 e. The fourth-order valence-corrected chi connectivity index (χ4v) is 1.50. The minimum atomic E-state index is 0.616. The summed E-state index contributed by atoms with van der Waals surface area (Å²) in [7, 11) is 0. The van der Waals surface area contributed by atoms with E-state index in [1.807, 2.05) is 16.8 Å². The van der Waals surface area contributed by atoms with E-state index in [-0.39, 0.29) is 0 Å². The van der Waals surface area contributed by atoms with Crippen molar-refractivity contribution in [2.24, 2.45) is 5.73 Å². The summed E-state index contributed by atoms with van der Waals surface area (Å²) >= 11 is 3.34. The predicted molar refractivity (Wildman–Crippen MR) is 53.4 cm³/mol. The van der Waals surface area contributed by atoms with Crippen LogP contribution < -0.4 is 5.73 Å². The molecule has 0 atom stereocenters. The number of imidazole rings is 1. The molecule has 2 N–H and O–H groups in total. The van der Waals surface area contributed by atoms with Crippen LogP contribution in [0.3, 0.4) is 0 Å². The van der Waals surface area contributed by atoms with E-state index in [0.717, 1.165) is 16.6 Å². The first-order valence-corrected chi connectivity index (χ1v) is 4.78. The van der Waals surface area contributed by atoms with Gasteiger partial charge in [-0.25, -0.2) is 9.97 Å². The van der Waals surface area contributed by atoms with E-state index >= 15 is 0 Å². The van der Waals surface area contributed by atoms with Gasteiger partial charge in [0, 0.05) is 25.0 Å². The van der Waals surface area contributed by atoms with Gasteiger partial charge in [-0.3, -0.25) is 4.40 Å². The Bertz CT molecular complexity index is 423. The Labute approximate surface area is 83.9 Å². The Hall–Kier alpha value is -0.940. The molecule has 0 radical (unpaired) electrons. The third-order valence-electron chi connectivity index (χ3n) is 1.73. The summed E-state index contributed by atoms with van der Waals surface area (Å²) in [6.45, 7) is 0.616. The molecule has 0 unspecified atom stereocenters. The van der Waals surface area contributed by atoms with E-state index in [9.17, 15) is 0 Å². The summed E-state index contributed by atoms with van der Waals surface area (Å²) in [5.74, 6) is 0.714. The van der Waals surface area contributed by atoms with Gasteiger partial charge in [-0.1, -0.05) is 0 Å². The van der Waals surface area contributed by atoms with Crippen LogP contribution in [0.2, 0.25) is 0 Å². The Morgan fingerprint density at radius 3 is 3.08 bits per heavy atom. The largest absolute Gasteiger partial charge is 0.330 e. The maximum absolute atomic E-state index is 5.43. The molecule has 2 heterocycles. The lowest BCUT2D eigenvalue weighted by Crippen LogP contribution is -2.02. The molecule has 2 aromatic rings. The second kappa shape index (κ2) is 3.43. The highest BCUT2D eigenvalue weighted by Crippen LogP contribution is 2.09. The molecule has 2 aromatic heterocycles. The minimum absolute atomic E-state index is 0.616. The monoisotopic (exact) mass is 240 g/mol. The number of rotatable bonds is 2. The Morgan fingerprint density at radius 1 is 1.46 bits per heavy atom. The smallest absolute Gasteiger partial charge is 0.233 e. The topological polar surface area (TPSA) is 56.2 Å². The summed E-state index contributed by atoms with van der Waals surface area (Å²) in [5.41, 5.74) is 6.41. The minimum Gasteiger partial charge on any atom is -0.330 e. The third kappa shape index (κ3) is 1.71. The zero-order valence-electron chi connectivity index (χ0n) is 6.94. The Morgan fingerprint density at radius 2 is 2.31 bits per heavy atom. The summed E-state index contributed by atoms with van der Waals surface area (Å²) < 4.78 is 2.83. The number of fused-ring (bicyclic) bond motifs is 1. The molecular weight excluding hydrogens is 232 g/mol. The van der Waals surface area contributed by atoms with Crippen molar-refractivity contribution in [1.82, 2.24) is 14.4 Å². The van der Waals surface area contributed by atoms with E-state index < -0.39 is 0 Å². The zero-order valence-corrected chi connectivity index (χ0v) is 8.53. The lowest BCUT2D eigenvalue weighted by molar-refractivity contribution is 0.936. The summed E-state index contributed by atoms with van der Waals surface area (Å²) in [4.78, 5) is 8.44. The van der Waals surface area contributed by atoms with Gasteiger partial charge in [0.25, 0.3) is 0 Å². The molecule has 0 aliphatic carbocycles. The first kappa shape index (κ1) is 8.65. The van der Waals surface area contributed by atoms with Crippen LogP contribution in [0.25, 0.3) is 5.78 Å². The molecule has 0 saturated carbocycles. The van der Waals surface area contributed by atoms with Crippen LogP contribution in [0.15, 0.2) is 23.1 Å². The molecule has 0 fully saturated rings. The second-order valence-corrected chi connectivity index (χ2v) is 3.67. The van der Waals surface area contributed by atoms with E-state index in [1.54, 1.807) is 6.20 Å². The maximum atomic E-state index is 5.43. The zero-order chi connectivity index (χ0) is 9.26. The van der Waals surface area contributed by atoms with Crippen LogP contribution in [0.1, 0.15) is 5.69 Å². The molecule has 0 bridgehead atoms. The van der Waals surface area contributed by atoms with Crippen molar-refractivity contribution in [2.45, 2.75) is 6.42 Å². The number of nitrogens with zero attached hydrogens (tertiary/aromatic N) is 3. The molecule has 0 aliphatic rings. The van der Waals surface area contributed by atoms with E-state index in [0.29, 0.717) is 12.3 Å². The molecule has 4 nitrogen and oxygen atoms in total. The summed E-state index contributed by atoms with van der Waals surface area (Å²) in [5, 5.41) is 0. The molecule has 0 aromatic carbocycles. The summed E-state index contributed by atoms with van der Waals surface area (Å²) in [6.07, 6.45) is 6.39. The van der Waals surface area contributed by atoms with Crippen LogP contribution in [-0.4, -0.2) is 20.9 Å². The SMILES string of the molecule is NCCc1cn2cc(Br)cnc2n1. The standard InChI is InChI=1S/C8H9BrN4/c9-6-3-11-8-12-7(1-2-10)5-13(8)4-6/h3-5H,1-2,10H2. The number of hydrogen-bond donors (Lipinski definition) is 1. The summed E-state index contributed by atoms with van der Waals surface area (Å²) in [6, 6.07) is 0. The molecular formula is C8H9BrN4. The number of hydrogen-bond acceptors (Lipinski definition) is 3. The normalized spacial score (nSPS) is 10.9. The van der Waals surface area contributed by atoms with Crippen molar-refractivity contribution in [2.75, 3.05) is 6.54 Å². The van der Waals surface area contributed by atoms with Crippen LogP contribution in [0, 0.1) is 0 Å². The molecule has 0 aliphatic heterocycles. The lowest BCUT2D eigenvalue weighted by atomic mass is 10.3.